The van der Waals surface area contributed by atoms with Gasteiger partial charge in [0.25, 0.3) is 0 Å². The molecule has 3 N–H and O–H groups in total. The number of hydrogen-bond donors (Lipinski definition) is 3. The summed E-state index contributed by atoms with van der Waals surface area (Å²) in [6, 6.07) is 13.6. The Bertz CT molecular complexity index is 719. The molecule has 1 saturated carbocycles. The zero-order chi connectivity index (χ0) is 17.6. The molecule has 3 atom stereocenters. The van der Waals surface area contributed by atoms with Gasteiger partial charge in [0, 0.05) is 13.7 Å². The van der Waals surface area contributed by atoms with Crippen molar-refractivity contribution in [1.82, 2.24) is 10.6 Å². The van der Waals surface area contributed by atoms with E-state index in [-0.39, 0.29) is 24.7 Å². The number of aliphatic hydroxyl groups excluding tert-OH is 1. The lowest BCUT2D eigenvalue weighted by Gasteiger charge is -2.31. The Kier molecular flexibility index (Phi) is 5.89. The van der Waals surface area contributed by atoms with Crippen LogP contribution >= 0.6 is 0 Å². The fourth-order valence-electron chi connectivity index (χ4n) is 3.49. The van der Waals surface area contributed by atoms with E-state index >= 15 is 0 Å². The topological polar surface area (TPSA) is 70.6 Å². The molecule has 0 radical (unpaired) electrons. The van der Waals surface area contributed by atoms with Crippen molar-refractivity contribution in [3.05, 3.63) is 48.0 Å². The van der Waals surface area contributed by atoms with Crippen LogP contribution in [0.3, 0.4) is 0 Å². The molecule has 5 nitrogen and oxygen atoms in total. The summed E-state index contributed by atoms with van der Waals surface area (Å²) in [6.07, 6.45) is 3.48. The van der Waals surface area contributed by atoms with Gasteiger partial charge in [0.05, 0.1) is 18.2 Å². The van der Waals surface area contributed by atoms with E-state index in [0.717, 1.165) is 42.0 Å². The van der Waals surface area contributed by atoms with E-state index in [0.29, 0.717) is 0 Å². The summed E-state index contributed by atoms with van der Waals surface area (Å²) in [4.78, 5) is 12.1. The molecule has 134 valence electrons. The number of nitrogens with one attached hydrogen (secondary N) is 2. The summed E-state index contributed by atoms with van der Waals surface area (Å²) >= 11 is 0. The van der Waals surface area contributed by atoms with Crippen molar-refractivity contribution >= 4 is 16.8 Å². The largest absolute Gasteiger partial charge is 0.387 e. The van der Waals surface area contributed by atoms with Crippen LogP contribution < -0.4 is 10.6 Å². The van der Waals surface area contributed by atoms with Crippen molar-refractivity contribution in [2.24, 2.45) is 0 Å². The molecule has 1 fully saturated rings. The molecule has 0 heterocycles. The van der Waals surface area contributed by atoms with Gasteiger partial charge >= 0.3 is 6.03 Å². The van der Waals surface area contributed by atoms with Crippen LogP contribution in [0.4, 0.5) is 4.79 Å². The minimum atomic E-state index is -0.736. The van der Waals surface area contributed by atoms with Crippen molar-refractivity contribution < 1.29 is 14.6 Å². The van der Waals surface area contributed by atoms with Gasteiger partial charge in [-0.25, -0.2) is 4.79 Å². The number of rotatable bonds is 5. The number of ether oxygens (including phenoxy) is 1. The Morgan fingerprint density at radius 1 is 1.20 bits per heavy atom. The Balaban J connectivity index is 1.53. The van der Waals surface area contributed by atoms with E-state index in [1.54, 1.807) is 7.11 Å². The summed E-state index contributed by atoms with van der Waals surface area (Å²) in [5.74, 6) is 0. The standard InChI is InChI=1S/C20H26N2O3/c1-25-19-9-5-4-8-17(19)22-20(24)21-13-18(23)16-11-10-14-6-2-3-7-15(14)12-16/h2-3,6-7,10-12,17-19,23H,4-5,8-9,13H2,1H3,(H2,21,22,24). The number of hydrogen-bond acceptors (Lipinski definition) is 3. The Morgan fingerprint density at radius 3 is 2.76 bits per heavy atom. The maximum atomic E-state index is 12.1. The minimum absolute atomic E-state index is 0.0385. The van der Waals surface area contributed by atoms with Crippen LogP contribution in [0.1, 0.15) is 37.4 Å². The average molecular weight is 342 g/mol. The van der Waals surface area contributed by atoms with Crippen molar-refractivity contribution in [1.29, 1.82) is 0 Å². The average Bonchev–Trinajstić information content (AvgIpc) is 2.66. The minimum Gasteiger partial charge on any atom is -0.387 e. The second kappa shape index (κ2) is 8.32. The summed E-state index contributed by atoms with van der Waals surface area (Å²) in [6.45, 7) is 0.175. The van der Waals surface area contributed by atoms with Gasteiger partial charge in [-0.3, -0.25) is 0 Å². The Hall–Kier alpha value is -2.11. The molecule has 2 aromatic carbocycles. The summed E-state index contributed by atoms with van der Waals surface area (Å²) in [7, 11) is 1.69. The lowest BCUT2D eigenvalue weighted by Crippen LogP contribution is -2.50. The third kappa shape index (κ3) is 4.50. The molecule has 2 aromatic rings. The van der Waals surface area contributed by atoms with E-state index in [2.05, 4.69) is 10.6 Å². The molecular weight excluding hydrogens is 316 g/mol. The first-order valence-corrected chi connectivity index (χ1v) is 8.91. The molecule has 0 saturated heterocycles. The Morgan fingerprint density at radius 2 is 1.96 bits per heavy atom. The second-order valence-corrected chi connectivity index (χ2v) is 6.64. The SMILES string of the molecule is COC1CCCCC1NC(=O)NCC(O)c1ccc2ccccc2c1. The van der Waals surface area contributed by atoms with E-state index in [9.17, 15) is 9.90 Å². The lowest BCUT2D eigenvalue weighted by atomic mass is 9.92. The van der Waals surface area contributed by atoms with Crippen LogP contribution in [-0.2, 0) is 4.74 Å². The normalized spacial score (nSPS) is 21.7. The monoisotopic (exact) mass is 342 g/mol. The van der Waals surface area contributed by atoms with Gasteiger partial charge in [-0.2, -0.15) is 0 Å². The van der Waals surface area contributed by atoms with Crippen LogP contribution in [0.15, 0.2) is 42.5 Å². The first-order valence-electron chi connectivity index (χ1n) is 8.91. The van der Waals surface area contributed by atoms with E-state index in [1.165, 1.54) is 0 Å². The third-order valence-corrected chi connectivity index (χ3v) is 4.94. The highest BCUT2D eigenvalue weighted by molar-refractivity contribution is 5.83. The quantitative estimate of drug-likeness (QED) is 0.782. The first-order chi connectivity index (χ1) is 12.2. The van der Waals surface area contributed by atoms with Crippen LogP contribution in [0.2, 0.25) is 0 Å². The van der Waals surface area contributed by atoms with Gasteiger partial charge in [0.1, 0.15) is 0 Å². The number of urea groups is 1. The number of methoxy groups -OCH3 is 1. The summed E-state index contributed by atoms with van der Waals surface area (Å²) < 4.78 is 5.45. The number of fused-ring (bicyclic) bond motifs is 1. The predicted molar refractivity (Wildman–Crippen MR) is 98.5 cm³/mol. The van der Waals surface area contributed by atoms with Crippen molar-refractivity contribution in [2.45, 2.75) is 43.9 Å². The molecule has 2 amide bonds. The van der Waals surface area contributed by atoms with Gasteiger partial charge < -0.3 is 20.5 Å². The highest BCUT2D eigenvalue weighted by atomic mass is 16.5. The van der Waals surface area contributed by atoms with E-state index in [1.807, 2.05) is 42.5 Å². The number of aliphatic hydroxyl groups is 1. The van der Waals surface area contributed by atoms with Gasteiger partial charge in [-0.05, 0) is 35.2 Å². The van der Waals surface area contributed by atoms with Crippen LogP contribution in [0.5, 0.6) is 0 Å². The lowest BCUT2D eigenvalue weighted by molar-refractivity contribution is 0.0450. The first kappa shape index (κ1) is 17.7. The number of carbonyl (C=O) groups is 1. The fourth-order valence-corrected chi connectivity index (χ4v) is 3.49. The molecule has 3 unspecified atom stereocenters. The number of amides is 2. The molecule has 0 aromatic heterocycles. The molecule has 3 rings (SSSR count). The van der Waals surface area contributed by atoms with Gasteiger partial charge in [-0.1, -0.05) is 49.2 Å². The van der Waals surface area contributed by atoms with E-state index in [4.69, 9.17) is 4.74 Å². The molecule has 0 aliphatic heterocycles. The maximum absolute atomic E-state index is 12.1. The maximum Gasteiger partial charge on any atom is 0.315 e. The number of benzene rings is 2. The third-order valence-electron chi connectivity index (χ3n) is 4.94. The van der Waals surface area contributed by atoms with Crippen LogP contribution in [-0.4, -0.2) is 36.9 Å². The fraction of sp³-hybridized carbons (Fsp3) is 0.450. The van der Waals surface area contributed by atoms with Crippen molar-refractivity contribution in [2.75, 3.05) is 13.7 Å². The number of carbonyl (C=O) groups excluding carboxylic acids is 1. The van der Waals surface area contributed by atoms with Gasteiger partial charge in [-0.15, -0.1) is 0 Å². The molecule has 5 heteroatoms. The smallest absolute Gasteiger partial charge is 0.315 e. The molecule has 0 spiro atoms. The molecule has 0 bridgehead atoms. The van der Waals surface area contributed by atoms with E-state index < -0.39 is 6.10 Å². The zero-order valence-electron chi connectivity index (χ0n) is 14.6. The summed E-state index contributed by atoms with van der Waals surface area (Å²) in [5.41, 5.74) is 0.798. The highest BCUT2D eigenvalue weighted by Crippen LogP contribution is 2.21. The van der Waals surface area contributed by atoms with Gasteiger partial charge in [0.15, 0.2) is 0 Å². The highest BCUT2D eigenvalue weighted by Gasteiger charge is 2.26. The van der Waals surface area contributed by atoms with Crippen LogP contribution in [0, 0.1) is 0 Å². The zero-order valence-corrected chi connectivity index (χ0v) is 14.6. The predicted octanol–water partition coefficient (Wildman–Crippen LogP) is 3.13. The molecule has 25 heavy (non-hydrogen) atoms. The summed E-state index contributed by atoms with van der Waals surface area (Å²) in [5, 5.41) is 18.3. The van der Waals surface area contributed by atoms with Gasteiger partial charge in [0.2, 0.25) is 0 Å². The molecule has 1 aliphatic carbocycles. The van der Waals surface area contributed by atoms with Crippen molar-refractivity contribution in [3.63, 3.8) is 0 Å². The van der Waals surface area contributed by atoms with Crippen molar-refractivity contribution in [3.8, 4) is 0 Å². The van der Waals surface area contributed by atoms with Crippen LogP contribution in [0.25, 0.3) is 10.8 Å². The Labute approximate surface area is 148 Å². The molecular formula is C20H26N2O3. The second-order valence-electron chi connectivity index (χ2n) is 6.64. The molecule has 1 aliphatic rings.